The average Bonchev–Trinajstić information content (AvgIpc) is 2.38. The van der Waals surface area contributed by atoms with Crippen molar-refractivity contribution in [1.82, 2.24) is 0 Å². The van der Waals surface area contributed by atoms with Crippen LogP contribution >= 0.6 is 12.6 Å². The van der Waals surface area contributed by atoms with E-state index >= 15 is 0 Å². The standard InChI is InChI=1S/C15H32N2OS/c1-2-3-4-5-6-8-13(18)9-7-10-15(19)14(17)11-12-16/h14-15,19H,2-12,16-17H2,1H3/t14-,15?/m1/s1. The highest BCUT2D eigenvalue weighted by molar-refractivity contribution is 7.81. The Morgan fingerprint density at radius 2 is 1.68 bits per heavy atom. The van der Waals surface area contributed by atoms with Crippen molar-refractivity contribution in [2.45, 2.75) is 82.4 Å². The molecule has 4 heteroatoms. The van der Waals surface area contributed by atoms with Gasteiger partial charge in [0.2, 0.25) is 0 Å². The first-order valence-electron chi connectivity index (χ1n) is 7.77. The molecule has 19 heavy (non-hydrogen) atoms. The van der Waals surface area contributed by atoms with Gasteiger partial charge in [-0.2, -0.15) is 12.6 Å². The number of hydrogen-bond donors (Lipinski definition) is 3. The van der Waals surface area contributed by atoms with Gasteiger partial charge in [0.25, 0.3) is 0 Å². The minimum atomic E-state index is 0.0532. The van der Waals surface area contributed by atoms with Crippen molar-refractivity contribution in [3.8, 4) is 0 Å². The molecule has 0 aliphatic carbocycles. The van der Waals surface area contributed by atoms with Gasteiger partial charge in [0.15, 0.2) is 0 Å². The van der Waals surface area contributed by atoms with Gasteiger partial charge in [-0.25, -0.2) is 0 Å². The van der Waals surface area contributed by atoms with Crippen LogP contribution in [0.3, 0.4) is 0 Å². The Morgan fingerprint density at radius 1 is 1.05 bits per heavy atom. The van der Waals surface area contributed by atoms with E-state index in [2.05, 4.69) is 19.6 Å². The van der Waals surface area contributed by atoms with Crippen LogP contribution in [0.15, 0.2) is 0 Å². The molecule has 0 aliphatic rings. The molecule has 0 saturated carbocycles. The van der Waals surface area contributed by atoms with Crippen LogP contribution in [-0.2, 0) is 4.79 Å². The summed E-state index contributed by atoms with van der Waals surface area (Å²) in [4.78, 5) is 11.7. The normalized spacial score (nSPS) is 14.3. The minimum absolute atomic E-state index is 0.0532. The quantitative estimate of drug-likeness (QED) is 0.360. The van der Waals surface area contributed by atoms with Crippen molar-refractivity contribution in [3.05, 3.63) is 0 Å². The molecule has 0 aromatic heterocycles. The first-order chi connectivity index (χ1) is 9.11. The van der Waals surface area contributed by atoms with Gasteiger partial charge < -0.3 is 11.5 Å². The highest BCUT2D eigenvalue weighted by Crippen LogP contribution is 2.14. The Balaban J connectivity index is 3.47. The zero-order chi connectivity index (χ0) is 14.5. The van der Waals surface area contributed by atoms with E-state index in [1.807, 2.05) is 0 Å². The van der Waals surface area contributed by atoms with Gasteiger partial charge in [0, 0.05) is 24.1 Å². The molecule has 114 valence electrons. The van der Waals surface area contributed by atoms with Gasteiger partial charge in [-0.3, -0.25) is 4.79 Å². The maximum Gasteiger partial charge on any atom is 0.132 e. The maximum absolute atomic E-state index is 11.7. The fourth-order valence-electron chi connectivity index (χ4n) is 2.16. The molecule has 0 bridgehead atoms. The van der Waals surface area contributed by atoms with Gasteiger partial charge in [0.1, 0.15) is 5.78 Å². The average molecular weight is 289 g/mol. The lowest BCUT2D eigenvalue weighted by atomic mass is 10.0. The number of unbranched alkanes of at least 4 members (excludes halogenated alkanes) is 4. The molecule has 0 rings (SSSR count). The molecule has 1 unspecified atom stereocenters. The van der Waals surface area contributed by atoms with E-state index in [4.69, 9.17) is 11.5 Å². The van der Waals surface area contributed by atoms with Crippen LogP contribution in [0.4, 0.5) is 0 Å². The lowest BCUT2D eigenvalue weighted by Crippen LogP contribution is -2.33. The Labute approximate surface area is 124 Å². The van der Waals surface area contributed by atoms with Crippen molar-refractivity contribution in [3.63, 3.8) is 0 Å². The van der Waals surface area contributed by atoms with Crippen LogP contribution in [0.25, 0.3) is 0 Å². The van der Waals surface area contributed by atoms with E-state index < -0.39 is 0 Å². The Bertz CT molecular complexity index is 224. The third-order valence-electron chi connectivity index (χ3n) is 3.51. The summed E-state index contributed by atoms with van der Waals surface area (Å²) in [5, 5.41) is 0.168. The summed E-state index contributed by atoms with van der Waals surface area (Å²) < 4.78 is 0. The number of hydrogen-bond acceptors (Lipinski definition) is 4. The Kier molecular flexibility index (Phi) is 12.9. The molecule has 0 aromatic rings. The van der Waals surface area contributed by atoms with Crippen LogP contribution in [0.1, 0.15) is 71.1 Å². The summed E-state index contributed by atoms with van der Waals surface area (Å²) in [6, 6.07) is 0.0532. The number of thiol groups is 1. The fourth-order valence-corrected chi connectivity index (χ4v) is 2.49. The van der Waals surface area contributed by atoms with E-state index in [1.54, 1.807) is 0 Å². The number of Topliss-reactive ketones (excluding diaryl/α,β-unsaturated/α-hetero) is 1. The monoisotopic (exact) mass is 288 g/mol. The summed E-state index contributed by atoms with van der Waals surface area (Å²) in [6.45, 7) is 2.81. The molecule has 2 atom stereocenters. The molecule has 0 amide bonds. The maximum atomic E-state index is 11.7. The molecule has 0 saturated heterocycles. The van der Waals surface area contributed by atoms with Gasteiger partial charge in [-0.05, 0) is 32.2 Å². The Morgan fingerprint density at radius 3 is 2.32 bits per heavy atom. The van der Waals surface area contributed by atoms with Gasteiger partial charge in [0.05, 0.1) is 0 Å². The van der Waals surface area contributed by atoms with Crippen molar-refractivity contribution < 1.29 is 4.79 Å². The predicted octanol–water partition coefficient (Wildman–Crippen LogP) is 3.06. The largest absolute Gasteiger partial charge is 0.330 e. The van der Waals surface area contributed by atoms with Crippen LogP contribution in [0, 0.1) is 0 Å². The van der Waals surface area contributed by atoms with E-state index in [0.717, 1.165) is 32.1 Å². The molecule has 3 nitrogen and oxygen atoms in total. The van der Waals surface area contributed by atoms with E-state index in [-0.39, 0.29) is 11.3 Å². The molecular formula is C15H32N2OS. The SMILES string of the molecule is CCCCCCCC(=O)CCCC(S)[C@H](N)CCN. The lowest BCUT2D eigenvalue weighted by Gasteiger charge is -2.17. The molecule has 0 aromatic carbocycles. The first kappa shape index (κ1) is 18.9. The number of carbonyl (C=O) groups excluding carboxylic acids is 1. The third-order valence-corrected chi connectivity index (χ3v) is 4.15. The molecule has 0 spiro atoms. The molecular weight excluding hydrogens is 256 g/mol. The predicted molar refractivity (Wildman–Crippen MR) is 86.7 cm³/mol. The van der Waals surface area contributed by atoms with Crippen molar-refractivity contribution in [1.29, 1.82) is 0 Å². The summed E-state index contributed by atoms with van der Waals surface area (Å²) in [5.74, 6) is 0.393. The first-order valence-corrected chi connectivity index (χ1v) is 8.28. The van der Waals surface area contributed by atoms with E-state index in [1.165, 1.54) is 25.7 Å². The molecule has 0 aliphatic heterocycles. The van der Waals surface area contributed by atoms with Crippen LogP contribution < -0.4 is 11.5 Å². The smallest absolute Gasteiger partial charge is 0.132 e. The number of rotatable bonds is 13. The second-order valence-corrected chi connectivity index (χ2v) is 6.07. The molecule has 0 radical (unpaired) electrons. The summed E-state index contributed by atoms with van der Waals surface area (Å²) in [6.07, 6.45) is 10.1. The third kappa shape index (κ3) is 11.5. The molecule has 0 fully saturated rings. The fraction of sp³-hybridized carbons (Fsp3) is 0.933. The van der Waals surface area contributed by atoms with E-state index in [0.29, 0.717) is 18.7 Å². The summed E-state index contributed by atoms with van der Waals surface area (Å²) in [7, 11) is 0. The number of carbonyl (C=O) groups is 1. The molecule has 4 N–H and O–H groups in total. The van der Waals surface area contributed by atoms with Crippen molar-refractivity contribution in [2.75, 3.05) is 6.54 Å². The van der Waals surface area contributed by atoms with E-state index in [9.17, 15) is 4.79 Å². The Hall–Kier alpha value is -0.0600. The number of nitrogens with two attached hydrogens (primary N) is 2. The second-order valence-electron chi connectivity index (χ2n) is 5.40. The van der Waals surface area contributed by atoms with Gasteiger partial charge in [-0.1, -0.05) is 32.6 Å². The minimum Gasteiger partial charge on any atom is -0.330 e. The topological polar surface area (TPSA) is 69.1 Å². The number of ketones is 1. The van der Waals surface area contributed by atoms with Crippen molar-refractivity contribution >= 4 is 18.4 Å². The summed E-state index contributed by atoms with van der Waals surface area (Å²) in [5.41, 5.74) is 11.4. The molecule has 0 heterocycles. The van der Waals surface area contributed by atoms with Gasteiger partial charge in [-0.15, -0.1) is 0 Å². The second kappa shape index (κ2) is 12.9. The van der Waals surface area contributed by atoms with Crippen LogP contribution in [0.5, 0.6) is 0 Å². The zero-order valence-corrected chi connectivity index (χ0v) is 13.3. The van der Waals surface area contributed by atoms with Crippen LogP contribution in [-0.4, -0.2) is 23.6 Å². The van der Waals surface area contributed by atoms with Gasteiger partial charge >= 0.3 is 0 Å². The van der Waals surface area contributed by atoms with Crippen molar-refractivity contribution in [2.24, 2.45) is 11.5 Å². The lowest BCUT2D eigenvalue weighted by molar-refractivity contribution is -0.119. The highest BCUT2D eigenvalue weighted by Gasteiger charge is 2.13. The summed E-state index contributed by atoms with van der Waals surface area (Å²) >= 11 is 4.48. The zero-order valence-electron chi connectivity index (χ0n) is 12.4. The van der Waals surface area contributed by atoms with Crippen LogP contribution in [0.2, 0.25) is 0 Å². The highest BCUT2D eigenvalue weighted by atomic mass is 32.1.